The van der Waals surface area contributed by atoms with E-state index in [1.54, 1.807) is 18.2 Å². The SMILES string of the molecule is FC(F)(F)c1ccc2oc(-c3cccc(Cl)n3)nc2c1. The summed E-state index contributed by atoms with van der Waals surface area (Å²) in [5.41, 5.74) is -0.0301. The Morgan fingerprint density at radius 1 is 1.05 bits per heavy atom. The highest BCUT2D eigenvalue weighted by atomic mass is 35.5. The van der Waals surface area contributed by atoms with Crippen LogP contribution >= 0.6 is 11.6 Å². The molecule has 1 aromatic carbocycles. The lowest BCUT2D eigenvalue weighted by molar-refractivity contribution is -0.137. The van der Waals surface area contributed by atoms with Gasteiger partial charge in [0.15, 0.2) is 5.58 Å². The molecule has 0 aliphatic rings. The summed E-state index contributed by atoms with van der Waals surface area (Å²) in [7, 11) is 0. The molecule has 0 radical (unpaired) electrons. The van der Waals surface area contributed by atoms with Crippen LogP contribution in [0.25, 0.3) is 22.7 Å². The highest BCUT2D eigenvalue weighted by Gasteiger charge is 2.31. The largest absolute Gasteiger partial charge is 0.435 e. The Hall–Kier alpha value is -2.08. The predicted octanol–water partition coefficient (Wildman–Crippen LogP) is 4.56. The summed E-state index contributed by atoms with van der Waals surface area (Å²) in [6.45, 7) is 0. The van der Waals surface area contributed by atoms with Crippen molar-refractivity contribution >= 4 is 22.7 Å². The summed E-state index contributed by atoms with van der Waals surface area (Å²) in [5.74, 6) is 0.127. The van der Waals surface area contributed by atoms with Crippen molar-refractivity contribution in [2.75, 3.05) is 0 Å². The lowest BCUT2D eigenvalue weighted by Gasteiger charge is -2.04. The Kier molecular flexibility index (Phi) is 2.90. The van der Waals surface area contributed by atoms with Crippen molar-refractivity contribution in [2.45, 2.75) is 6.18 Å². The summed E-state index contributed by atoms with van der Waals surface area (Å²) in [5, 5.41) is 0.251. The molecule has 2 heterocycles. The number of oxazole rings is 1. The molecule has 20 heavy (non-hydrogen) atoms. The van der Waals surface area contributed by atoms with Gasteiger partial charge in [-0.15, -0.1) is 0 Å². The second-order valence-corrected chi connectivity index (χ2v) is 4.43. The standard InChI is InChI=1S/C13H6ClF3N2O/c14-11-3-1-2-8(18-11)12-19-9-6-7(13(15,16)17)4-5-10(9)20-12/h1-6H. The van der Waals surface area contributed by atoms with Crippen LogP contribution in [0.1, 0.15) is 5.56 Å². The Labute approximate surface area is 116 Å². The molecule has 3 aromatic rings. The number of aromatic nitrogens is 2. The van der Waals surface area contributed by atoms with Crippen LogP contribution in [0.15, 0.2) is 40.8 Å². The number of alkyl halides is 3. The number of fused-ring (bicyclic) bond motifs is 1. The highest BCUT2D eigenvalue weighted by molar-refractivity contribution is 6.29. The van der Waals surface area contributed by atoms with Crippen LogP contribution in [0.5, 0.6) is 0 Å². The summed E-state index contributed by atoms with van der Waals surface area (Å²) in [6, 6.07) is 7.96. The fourth-order valence-electron chi connectivity index (χ4n) is 1.74. The van der Waals surface area contributed by atoms with Gasteiger partial charge in [0.05, 0.1) is 5.56 Å². The van der Waals surface area contributed by atoms with Crippen molar-refractivity contribution in [3.8, 4) is 11.6 Å². The first-order valence-corrected chi connectivity index (χ1v) is 5.92. The fourth-order valence-corrected chi connectivity index (χ4v) is 1.90. The van der Waals surface area contributed by atoms with Gasteiger partial charge >= 0.3 is 6.18 Å². The molecular weight excluding hydrogens is 293 g/mol. The third-order valence-electron chi connectivity index (χ3n) is 2.65. The van der Waals surface area contributed by atoms with E-state index < -0.39 is 11.7 Å². The summed E-state index contributed by atoms with van der Waals surface area (Å²) < 4.78 is 43.2. The molecule has 7 heteroatoms. The first-order chi connectivity index (χ1) is 9.43. The van der Waals surface area contributed by atoms with Crippen molar-refractivity contribution in [1.82, 2.24) is 9.97 Å². The third kappa shape index (κ3) is 2.34. The minimum atomic E-state index is -4.42. The Morgan fingerprint density at radius 2 is 1.85 bits per heavy atom. The number of benzene rings is 1. The molecule has 0 aliphatic heterocycles. The van der Waals surface area contributed by atoms with E-state index in [4.69, 9.17) is 16.0 Å². The summed E-state index contributed by atoms with van der Waals surface area (Å²) in [6.07, 6.45) is -4.42. The minimum Gasteiger partial charge on any atom is -0.435 e. The predicted molar refractivity (Wildman–Crippen MR) is 67.3 cm³/mol. The van der Waals surface area contributed by atoms with E-state index in [1.165, 1.54) is 6.07 Å². The Bertz CT molecular complexity index is 783. The van der Waals surface area contributed by atoms with E-state index in [0.717, 1.165) is 12.1 Å². The van der Waals surface area contributed by atoms with Crippen LogP contribution in [0, 0.1) is 0 Å². The Balaban J connectivity index is 2.11. The molecule has 2 aromatic heterocycles. The van der Waals surface area contributed by atoms with Crippen LogP contribution < -0.4 is 0 Å². The van der Waals surface area contributed by atoms with Crippen LogP contribution in [-0.2, 0) is 6.18 Å². The molecule has 0 aliphatic carbocycles. The molecule has 102 valence electrons. The number of hydrogen-bond donors (Lipinski definition) is 0. The van der Waals surface area contributed by atoms with Gasteiger partial charge in [0.25, 0.3) is 0 Å². The number of rotatable bonds is 1. The monoisotopic (exact) mass is 298 g/mol. The normalized spacial score (nSPS) is 12.0. The first-order valence-electron chi connectivity index (χ1n) is 5.54. The van der Waals surface area contributed by atoms with Gasteiger partial charge in [-0.05, 0) is 30.3 Å². The second-order valence-electron chi connectivity index (χ2n) is 4.04. The molecule has 0 atom stereocenters. The topological polar surface area (TPSA) is 38.9 Å². The smallest absolute Gasteiger partial charge is 0.416 e. The van der Waals surface area contributed by atoms with Crippen molar-refractivity contribution in [1.29, 1.82) is 0 Å². The molecule has 3 nitrogen and oxygen atoms in total. The number of pyridine rings is 1. The molecular formula is C13H6ClF3N2O. The van der Waals surface area contributed by atoms with Gasteiger partial charge in [-0.3, -0.25) is 0 Å². The van der Waals surface area contributed by atoms with Gasteiger partial charge < -0.3 is 4.42 Å². The zero-order chi connectivity index (χ0) is 14.3. The van der Waals surface area contributed by atoms with Gasteiger partial charge in [0.1, 0.15) is 16.4 Å². The lowest BCUT2D eigenvalue weighted by atomic mass is 10.2. The zero-order valence-corrected chi connectivity index (χ0v) is 10.5. The average molecular weight is 299 g/mol. The maximum Gasteiger partial charge on any atom is 0.416 e. The number of nitrogens with zero attached hydrogens (tertiary/aromatic N) is 2. The number of hydrogen-bond acceptors (Lipinski definition) is 3. The average Bonchev–Trinajstić information content (AvgIpc) is 2.80. The van der Waals surface area contributed by atoms with E-state index in [2.05, 4.69) is 9.97 Å². The maximum atomic E-state index is 12.6. The molecule has 0 fully saturated rings. The first kappa shape index (κ1) is 12.9. The Morgan fingerprint density at radius 3 is 2.55 bits per heavy atom. The van der Waals surface area contributed by atoms with Crippen LogP contribution in [0.3, 0.4) is 0 Å². The van der Waals surface area contributed by atoms with Crippen molar-refractivity contribution in [3.63, 3.8) is 0 Å². The van der Waals surface area contributed by atoms with E-state index >= 15 is 0 Å². The summed E-state index contributed by atoms with van der Waals surface area (Å²) >= 11 is 5.75. The van der Waals surface area contributed by atoms with E-state index in [9.17, 15) is 13.2 Å². The van der Waals surface area contributed by atoms with Crippen LogP contribution in [0.2, 0.25) is 5.15 Å². The van der Waals surface area contributed by atoms with Crippen molar-refractivity contribution in [2.24, 2.45) is 0 Å². The highest BCUT2D eigenvalue weighted by Crippen LogP contribution is 2.32. The molecule has 0 amide bonds. The maximum absolute atomic E-state index is 12.6. The van der Waals surface area contributed by atoms with E-state index in [0.29, 0.717) is 5.69 Å². The zero-order valence-electron chi connectivity index (χ0n) is 9.78. The molecule has 0 saturated carbocycles. The minimum absolute atomic E-state index is 0.122. The third-order valence-corrected chi connectivity index (χ3v) is 2.86. The quantitative estimate of drug-likeness (QED) is 0.618. The van der Waals surface area contributed by atoms with Gasteiger partial charge in [0.2, 0.25) is 5.89 Å². The van der Waals surface area contributed by atoms with Gasteiger partial charge in [-0.2, -0.15) is 13.2 Å². The molecule has 0 bridgehead atoms. The molecule has 0 spiro atoms. The fraction of sp³-hybridized carbons (Fsp3) is 0.0769. The molecule has 0 unspecified atom stereocenters. The van der Waals surface area contributed by atoms with E-state index in [-0.39, 0.29) is 22.1 Å². The van der Waals surface area contributed by atoms with Gasteiger partial charge in [0, 0.05) is 0 Å². The van der Waals surface area contributed by atoms with Gasteiger partial charge in [-0.1, -0.05) is 17.7 Å². The van der Waals surface area contributed by atoms with Crippen molar-refractivity contribution < 1.29 is 17.6 Å². The molecule has 3 rings (SSSR count). The van der Waals surface area contributed by atoms with Crippen LogP contribution in [0.4, 0.5) is 13.2 Å². The lowest BCUT2D eigenvalue weighted by Crippen LogP contribution is -2.03. The summed E-state index contributed by atoms with van der Waals surface area (Å²) in [4.78, 5) is 8.01. The molecule has 0 saturated heterocycles. The van der Waals surface area contributed by atoms with E-state index in [1.807, 2.05) is 0 Å². The second kappa shape index (κ2) is 4.49. The molecule has 0 N–H and O–H groups in total. The number of halogens is 4. The van der Waals surface area contributed by atoms with Gasteiger partial charge in [-0.25, -0.2) is 9.97 Å². The van der Waals surface area contributed by atoms with Crippen molar-refractivity contribution in [3.05, 3.63) is 47.1 Å². The van der Waals surface area contributed by atoms with Crippen LogP contribution in [-0.4, -0.2) is 9.97 Å².